The Labute approximate surface area is 186 Å². The van der Waals surface area contributed by atoms with Crippen LogP contribution in [-0.2, 0) is 17.9 Å². The second kappa shape index (κ2) is 9.80. The Morgan fingerprint density at radius 1 is 1.17 bits per heavy atom. The Balaban J connectivity index is 1.54. The number of unbranched alkanes of at least 4 members (excludes halogenated alkanes) is 1. The van der Waals surface area contributed by atoms with Crippen molar-refractivity contribution in [1.29, 1.82) is 0 Å². The van der Waals surface area contributed by atoms with E-state index in [1.165, 1.54) is 37.1 Å². The molecule has 1 fully saturated rings. The Hall–Kier alpha value is -2.11. The third kappa shape index (κ3) is 5.13. The van der Waals surface area contributed by atoms with E-state index in [1.807, 2.05) is 4.90 Å². The second-order valence-electron chi connectivity index (χ2n) is 7.94. The Morgan fingerprint density at radius 3 is 2.70 bits per heavy atom. The van der Waals surface area contributed by atoms with Crippen molar-refractivity contribution >= 4 is 38.7 Å². The first-order valence-corrected chi connectivity index (χ1v) is 11.6. The Bertz CT molecular complexity index is 901. The number of fused-ring (bicyclic) bond motifs is 1. The number of likely N-dealkylation sites (tertiary alicyclic amines) is 1. The zero-order chi connectivity index (χ0) is 20.9. The average Bonchev–Trinajstić information content (AvgIpc) is 3.22. The van der Waals surface area contributed by atoms with E-state index in [0.717, 1.165) is 25.2 Å². The molecule has 2 radical (unpaired) electrons. The van der Waals surface area contributed by atoms with Crippen LogP contribution in [-0.4, -0.2) is 63.9 Å². The van der Waals surface area contributed by atoms with E-state index in [2.05, 4.69) is 68.2 Å². The number of nitrogens with zero attached hydrogens (tertiary/aromatic N) is 4. The molecular weight excluding hydrogens is 441 g/mol. The number of ether oxygens (including phenoxy) is 1. The first-order valence-electron chi connectivity index (χ1n) is 10.7. The van der Waals surface area contributed by atoms with Gasteiger partial charge in [0.25, 0.3) is 0 Å². The molecule has 30 heavy (non-hydrogen) atoms. The summed E-state index contributed by atoms with van der Waals surface area (Å²) in [5.74, 6) is 0.669. The predicted octanol–water partition coefficient (Wildman–Crippen LogP) is 2.00. The molecule has 0 bridgehead atoms. The number of hydrogen-bond donors (Lipinski definition) is 1. The molecule has 0 spiro atoms. The summed E-state index contributed by atoms with van der Waals surface area (Å²) in [4.78, 5) is 25.8. The maximum absolute atomic E-state index is 12.3. The fourth-order valence-electron chi connectivity index (χ4n) is 3.93. The van der Waals surface area contributed by atoms with Crippen molar-refractivity contribution in [3.63, 3.8) is 0 Å². The number of carbonyl (C=O) groups is 1. The first kappa shape index (κ1) is 21.1. The molecule has 0 unspecified atom stereocenters. The van der Waals surface area contributed by atoms with Crippen LogP contribution in [0.15, 0.2) is 24.3 Å². The van der Waals surface area contributed by atoms with Crippen LogP contribution >= 0.6 is 0 Å². The molecule has 1 N–H and O–H groups in total. The number of rotatable bonds is 8. The van der Waals surface area contributed by atoms with Gasteiger partial charge in [-0.25, -0.2) is 0 Å². The van der Waals surface area contributed by atoms with Crippen LogP contribution in [0.4, 0.5) is 11.5 Å². The van der Waals surface area contributed by atoms with Crippen molar-refractivity contribution in [2.24, 2.45) is 0 Å². The molecule has 7 nitrogen and oxygen atoms in total. The van der Waals surface area contributed by atoms with E-state index in [0.29, 0.717) is 29.3 Å². The van der Waals surface area contributed by atoms with Gasteiger partial charge in [0.05, 0.1) is 0 Å². The van der Waals surface area contributed by atoms with Gasteiger partial charge in [-0.1, -0.05) is 0 Å². The molecule has 0 aliphatic carbocycles. The number of amides is 1. The van der Waals surface area contributed by atoms with Crippen molar-refractivity contribution in [2.45, 2.75) is 45.7 Å². The van der Waals surface area contributed by atoms with Crippen LogP contribution in [0.1, 0.15) is 43.7 Å². The van der Waals surface area contributed by atoms with Crippen molar-refractivity contribution in [1.82, 2.24) is 14.9 Å². The number of anilines is 2. The minimum absolute atomic E-state index is 0.0497. The van der Waals surface area contributed by atoms with Crippen LogP contribution in [0.3, 0.4) is 0 Å². The van der Waals surface area contributed by atoms with Crippen LogP contribution in [0.5, 0.6) is 6.01 Å². The molecule has 1 aromatic heterocycles. The average molecular weight is 469 g/mol. The number of nitrogens with one attached hydrogen (secondary N) is 1. The van der Waals surface area contributed by atoms with Gasteiger partial charge in [-0.05, 0) is 0 Å². The van der Waals surface area contributed by atoms with E-state index in [9.17, 15) is 4.79 Å². The van der Waals surface area contributed by atoms with E-state index >= 15 is 0 Å². The quantitative estimate of drug-likeness (QED) is 0.471. The van der Waals surface area contributed by atoms with Crippen LogP contribution in [0, 0.1) is 0 Å². The summed E-state index contributed by atoms with van der Waals surface area (Å²) in [6.45, 7) is 6.94. The summed E-state index contributed by atoms with van der Waals surface area (Å²) in [6.07, 6.45) is 4.59. The minimum atomic E-state index is -0.0497. The summed E-state index contributed by atoms with van der Waals surface area (Å²) in [7, 11) is 0. The molecule has 158 valence electrons. The Kier molecular flexibility index (Phi) is 6.90. The predicted molar refractivity (Wildman–Crippen MR) is 118 cm³/mol. The van der Waals surface area contributed by atoms with Gasteiger partial charge < -0.3 is 0 Å². The van der Waals surface area contributed by atoms with Gasteiger partial charge >= 0.3 is 187 Å². The van der Waals surface area contributed by atoms with Crippen molar-refractivity contribution in [3.8, 4) is 6.01 Å². The zero-order valence-corrected chi connectivity index (χ0v) is 19.3. The molecule has 2 aliphatic rings. The van der Waals surface area contributed by atoms with E-state index in [4.69, 9.17) is 4.74 Å². The SMILES string of the molecule is CCCCOc1nc([As])c2c(n1)N(Cc1cccc(CN3CCCC3)c1)CC(=O)N2. The molecular formula is C22H28AsN5O2. The first-order chi connectivity index (χ1) is 14.6. The molecule has 2 aromatic rings. The van der Waals surface area contributed by atoms with Crippen molar-refractivity contribution in [3.05, 3.63) is 35.4 Å². The van der Waals surface area contributed by atoms with Gasteiger partial charge in [-0.2, -0.15) is 0 Å². The van der Waals surface area contributed by atoms with Gasteiger partial charge in [-0.3, -0.25) is 0 Å². The van der Waals surface area contributed by atoms with Gasteiger partial charge in [0.2, 0.25) is 0 Å². The number of hydrogen-bond acceptors (Lipinski definition) is 6. The van der Waals surface area contributed by atoms with Crippen LogP contribution < -0.4 is 19.4 Å². The summed E-state index contributed by atoms with van der Waals surface area (Å²) in [5.41, 5.74) is 3.14. The summed E-state index contributed by atoms with van der Waals surface area (Å²) >= 11 is 2.41. The molecule has 3 heterocycles. The molecule has 4 rings (SSSR count). The topological polar surface area (TPSA) is 70.6 Å². The second-order valence-corrected chi connectivity index (χ2v) is 8.83. The van der Waals surface area contributed by atoms with Crippen molar-refractivity contribution in [2.75, 3.05) is 36.5 Å². The number of aromatic nitrogens is 2. The van der Waals surface area contributed by atoms with Crippen LogP contribution in [0.2, 0.25) is 0 Å². The maximum atomic E-state index is 12.3. The number of carbonyl (C=O) groups excluding carboxylic acids is 1. The third-order valence-corrected chi connectivity index (χ3v) is 6.13. The molecule has 1 amide bonds. The van der Waals surface area contributed by atoms with Crippen LogP contribution in [0.25, 0.3) is 0 Å². The third-order valence-electron chi connectivity index (χ3n) is 5.45. The zero-order valence-electron chi connectivity index (χ0n) is 17.4. The normalized spacial score (nSPS) is 16.5. The molecule has 0 saturated carbocycles. The molecule has 0 atom stereocenters. The van der Waals surface area contributed by atoms with E-state index < -0.39 is 0 Å². The van der Waals surface area contributed by atoms with Gasteiger partial charge in [0, 0.05) is 0 Å². The molecule has 2 aliphatic heterocycles. The monoisotopic (exact) mass is 469 g/mol. The summed E-state index contributed by atoms with van der Waals surface area (Å²) < 4.78 is 6.40. The number of benzene rings is 1. The van der Waals surface area contributed by atoms with Gasteiger partial charge in [0.1, 0.15) is 0 Å². The molecule has 1 saturated heterocycles. The van der Waals surface area contributed by atoms with Crippen molar-refractivity contribution < 1.29 is 9.53 Å². The van der Waals surface area contributed by atoms with Gasteiger partial charge in [-0.15, -0.1) is 0 Å². The van der Waals surface area contributed by atoms with Gasteiger partial charge in [0.15, 0.2) is 0 Å². The fourth-order valence-corrected chi connectivity index (χ4v) is 4.44. The van der Waals surface area contributed by atoms with E-state index in [-0.39, 0.29) is 12.5 Å². The Morgan fingerprint density at radius 2 is 1.93 bits per heavy atom. The standard InChI is InChI=1S/C22H28AsN5O2/c1-2-3-11-30-22-25-20(23)19-21(26-22)28(15-18(29)24-19)14-17-8-6-7-16(12-17)13-27-9-4-5-10-27/h6-8,12H,2-5,9-11,13-15H2,1H3,(H,24,29). The molecule has 8 heteroatoms. The fraction of sp³-hybridized carbons (Fsp3) is 0.500. The van der Waals surface area contributed by atoms with E-state index in [1.54, 1.807) is 0 Å². The summed E-state index contributed by atoms with van der Waals surface area (Å²) in [5, 5.41) is 2.91. The summed E-state index contributed by atoms with van der Waals surface area (Å²) in [6, 6.07) is 9.01. The molecule has 1 aromatic carbocycles.